The van der Waals surface area contributed by atoms with Crippen molar-refractivity contribution in [3.63, 3.8) is 0 Å². The Balaban J connectivity index is 1.75. The molecule has 0 bridgehead atoms. The number of ether oxygens (including phenoxy) is 1. The minimum Gasteiger partial charge on any atom is -0.380 e. The smallest absolute Gasteiger partial charge is 0.0713 e. The Morgan fingerprint density at radius 2 is 1.95 bits per heavy atom. The molecule has 3 atom stereocenters. The van der Waals surface area contributed by atoms with Crippen LogP contribution in [-0.4, -0.2) is 31.1 Å². The van der Waals surface area contributed by atoms with Crippen molar-refractivity contribution in [3.05, 3.63) is 35.4 Å². The molecule has 3 rings (SSSR count). The molecule has 1 aromatic rings. The molecule has 3 unspecified atom stereocenters. The molecule has 1 aliphatic heterocycles. The molecule has 3 nitrogen and oxygen atoms in total. The lowest BCUT2D eigenvalue weighted by molar-refractivity contribution is 0.135. The molecule has 0 aromatic heterocycles. The number of likely N-dealkylation sites (tertiary alicyclic amines) is 1. The van der Waals surface area contributed by atoms with Gasteiger partial charge in [-0.05, 0) is 42.9 Å². The van der Waals surface area contributed by atoms with Gasteiger partial charge in [-0.15, -0.1) is 0 Å². The molecule has 1 heterocycles. The minimum atomic E-state index is 0.384. The maximum Gasteiger partial charge on any atom is 0.0713 e. The number of fused-ring (bicyclic) bond motifs is 1. The molecule has 0 radical (unpaired) electrons. The predicted octanol–water partition coefficient (Wildman–Crippen LogP) is 3.10. The zero-order valence-electron chi connectivity index (χ0n) is 13.1. The lowest BCUT2D eigenvalue weighted by Crippen LogP contribution is -2.40. The second-order valence-electron chi connectivity index (χ2n) is 6.56. The van der Waals surface area contributed by atoms with Crippen molar-refractivity contribution < 1.29 is 4.74 Å². The summed E-state index contributed by atoms with van der Waals surface area (Å²) in [7, 11) is 1.74. The van der Waals surface area contributed by atoms with Gasteiger partial charge in [-0.2, -0.15) is 0 Å². The van der Waals surface area contributed by atoms with Crippen LogP contribution in [0.3, 0.4) is 0 Å². The van der Waals surface area contributed by atoms with E-state index in [-0.39, 0.29) is 0 Å². The van der Waals surface area contributed by atoms with Gasteiger partial charge < -0.3 is 10.5 Å². The van der Waals surface area contributed by atoms with E-state index in [2.05, 4.69) is 29.2 Å². The van der Waals surface area contributed by atoms with Gasteiger partial charge in [0.2, 0.25) is 0 Å². The first kappa shape index (κ1) is 15.0. The number of nitrogens with two attached hydrogens (primary N) is 1. The molecular formula is C18H28N2O. The number of hydrogen-bond donors (Lipinski definition) is 1. The molecule has 116 valence electrons. The lowest BCUT2D eigenvalue weighted by Gasteiger charge is -2.37. The topological polar surface area (TPSA) is 38.5 Å². The maximum atomic E-state index is 6.14. The maximum absolute atomic E-state index is 6.14. The van der Waals surface area contributed by atoms with Crippen LogP contribution in [0.4, 0.5) is 0 Å². The summed E-state index contributed by atoms with van der Waals surface area (Å²) < 4.78 is 5.19. The molecule has 2 fully saturated rings. The molecule has 0 spiro atoms. The monoisotopic (exact) mass is 288 g/mol. The van der Waals surface area contributed by atoms with Crippen molar-refractivity contribution in [2.24, 2.45) is 11.7 Å². The van der Waals surface area contributed by atoms with Gasteiger partial charge in [0.25, 0.3) is 0 Å². The fourth-order valence-electron chi connectivity index (χ4n) is 4.29. The van der Waals surface area contributed by atoms with Gasteiger partial charge in [0.1, 0.15) is 0 Å². The normalized spacial score (nSPS) is 27.5. The van der Waals surface area contributed by atoms with Crippen LogP contribution in [0.5, 0.6) is 0 Å². The van der Waals surface area contributed by atoms with E-state index in [0.29, 0.717) is 19.2 Å². The summed E-state index contributed by atoms with van der Waals surface area (Å²) in [4.78, 5) is 2.69. The zero-order chi connectivity index (χ0) is 14.7. The first-order valence-electron chi connectivity index (χ1n) is 8.37. The number of benzene rings is 1. The van der Waals surface area contributed by atoms with Crippen molar-refractivity contribution in [2.75, 3.05) is 20.2 Å². The summed E-state index contributed by atoms with van der Waals surface area (Å²) in [5.41, 5.74) is 8.73. The van der Waals surface area contributed by atoms with Crippen LogP contribution in [-0.2, 0) is 11.3 Å². The molecule has 2 N–H and O–H groups in total. The van der Waals surface area contributed by atoms with Gasteiger partial charge in [0.05, 0.1) is 6.61 Å². The molecular weight excluding hydrogens is 260 g/mol. The van der Waals surface area contributed by atoms with Gasteiger partial charge in [-0.25, -0.2) is 0 Å². The first-order chi connectivity index (χ1) is 10.3. The molecule has 1 aromatic carbocycles. The second-order valence-corrected chi connectivity index (χ2v) is 6.56. The fraction of sp³-hybridized carbons (Fsp3) is 0.667. The number of nitrogens with zero attached hydrogens (tertiary/aromatic N) is 1. The van der Waals surface area contributed by atoms with Crippen molar-refractivity contribution in [2.45, 2.75) is 50.8 Å². The zero-order valence-corrected chi connectivity index (χ0v) is 13.1. The van der Waals surface area contributed by atoms with Crippen LogP contribution >= 0.6 is 0 Å². The van der Waals surface area contributed by atoms with E-state index in [9.17, 15) is 0 Å². The van der Waals surface area contributed by atoms with E-state index in [0.717, 1.165) is 12.0 Å². The SMILES string of the molecule is COCc1ccc(C(CN)N2CCC3CCCCC32)cc1. The van der Waals surface area contributed by atoms with Gasteiger partial charge >= 0.3 is 0 Å². The number of methoxy groups -OCH3 is 1. The molecule has 3 heteroatoms. The highest BCUT2D eigenvalue weighted by atomic mass is 16.5. The molecule has 1 saturated carbocycles. The van der Waals surface area contributed by atoms with E-state index in [1.807, 2.05) is 0 Å². The van der Waals surface area contributed by atoms with Crippen LogP contribution in [0.25, 0.3) is 0 Å². The molecule has 1 saturated heterocycles. The highest BCUT2D eigenvalue weighted by Crippen LogP contribution is 2.40. The first-order valence-corrected chi connectivity index (χ1v) is 8.37. The molecule has 1 aliphatic carbocycles. The Morgan fingerprint density at radius 1 is 1.19 bits per heavy atom. The summed E-state index contributed by atoms with van der Waals surface area (Å²) in [6.45, 7) is 2.62. The van der Waals surface area contributed by atoms with Gasteiger partial charge in [-0.1, -0.05) is 37.1 Å². The third-order valence-electron chi connectivity index (χ3n) is 5.35. The van der Waals surface area contributed by atoms with Crippen molar-refractivity contribution in [3.8, 4) is 0 Å². The van der Waals surface area contributed by atoms with E-state index in [1.54, 1.807) is 7.11 Å². The Kier molecular flexibility index (Phi) is 4.94. The number of hydrogen-bond acceptors (Lipinski definition) is 3. The second kappa shape index (κ2) is 6.91. The third kappa shape index (κ3) is 3.15. The summed E-state index contributed by atoms with van der Waals surface area (Å²) in [6.07, 6.45) is 6.97. The van der Waals surface area contributed by atoms with Crippen molar-refractivity contribution in [1.82, 2.24) is 4.90 Å². The van der Waals surface area contributed by atoms with Gasteiger partial charge in [-0.3, -0.25) is 4.90 Å². The van der Waals surface area contributed by atoms with E-state index in [1.165, 1.54) is 49.8 Å². The summed E-state index contributed by atoms with van der Waals surface area (Å²) in [5, 5.41) is 0. The van der Waals surface area contributed by atoms with Gasteiger partial charge in [0, 0.05) is 25.7 Å². The van der Waals surface area contributed by atoms with Crippen LogP contribution < -0.4 is 5.73 Å². The Labute approximate surface area is 128 Å². The minimum absolute atomic E-state index is 0.384. The Morgan fingerprint density at radius 3 is 2.67 bits per heavy atom. The van der Waals surface area contributed by atoms with Crippen LogP contribution in [0, 0.1) is 5.92 Å². The van der Waals surface area contributed by atoms with E-state index < -0.39 is 0 Å². The van der Waals surface area contributed by atoms with Crippen LogP contribution in [0.1, 0.15) is 49.3 Å². The highest BCUT2D eigenvalue weighted by Gasteiger charge is 2.38. The molecule has 2 aliphatic rings. The fourth-order valence-corrected chi connectivity index (χ4v) is 4.29. The summed E-state index contributed by atoms with van der Waals surface area (Å²) in [5.74, 6) is 0.917. The average molecular weight is 288 g/mol. The Bertz CT molecular complexity index is 445. The van der Waals surface area contributed by atoms with Crippen LogP contribution in [0.15, 0.2) is 24.3 Å². The summed E-state index contributed by atoms with van der Waals surface area (Å²) >= 11 is 0. The van der Waals surface area contributed by atoms with E-state index in [4.69, 9.17) is 10.5 Å². The largest absolute Gasteiger partial charge is 0.380 e. The van der Waals surface area contributed by atoms with Gasteiger partial charge in [0.15, 0.2) is 0 Å². The predicted molar refractivity (Wildman–Crippen MR) is 86.0 cm³/mol. The number of rotatable bonds is 5. The highest BCUT2D eigenvalue weighted by molar-refractivity contribution is 5.25. The van der Waals surface area contributed by atoms with Crippen molar-refractivity contribution in [1.29, 1.82) is 0 Å². The average Bonchev–Trinajstić information content (AvgIpc) is 2.94. The lowest BCUT2D eigenvalue weighted by atomic mass is 9.84. The van der Waals surface area contributed by atoms with Crippen LogP contribution in [0.2, 0.25) is 0 Å². The third-order valence-corrected chi connectivity index (χ3v) is 5.35. The van der Waals surface area contributed by atoms with E-state index >= 15 is 0 Å². The molecule has 21 heavy (non-hydrogen) atoms. The standard InChI is InChI=1S/C18H28N2O/c1-21-13-14-6-8-16(9-7-14)18(12-19)20-11-10-15-4-2-3-5-17(15)20/h6-9,15,17-18H,2-5,10-13,19H2,1H3. The summed E-state index contributed by atoms with van der Waals surface area (Å²) in [6, 6.07) is 9.98. The molecule has 0 amide bonds. The quantitative estimate of drug-likeness (QED) is 0.905. The van der Waals surface area contributed by atoms with Crippen molar-refractivity contribution >= 4 is 0 Å². The Hall–Kier alpha value is -0.900.